The van der Waals surface area contributed by atoms with Crippen molar-refractivity contribution in [3.05, 3.63) is 0 Å². The average Bonchev–Trinajstić information content (AvgIpc) is 2.41. The van der Waals surface area contributed by atoms with E-state index >= 15 is 0 Å². The van der Waals surface area contributed by atoms with E-state index in [0.717, 1.165) is 9.80 Å². The Morgan fingerprint density at radius 1 is 0.550 bits per heavy atom. The van der Waals surface area contributed by atoms with Crippen LogP contribution in [0.3, 0.4) is 0 Å². The summed E-state index contributed by atoms with van der Waals surface area (Å²) in [5.41, 5.74) is 0. The van der Waals surface area contributed by atoms with Gasteiger partial charge in [-0.1, -0.05) is 27.7 Å². The fourth-order valence-electron chi connectivity index (χ4n) is 0.443. The van der Waals surface area contributed by atoms with Gasteiger partial charge in [0.1, 0.15) is 0 Å². The second kappa shape index (κ2) is 17.3. The number of amides is 4. The second-order valence-electron chi connectivity index (χ2n) is 3.19. The largest absolute Gasteiger partial charge is 0.286 e. The molecule has 0 atom stereocenters. The summed E-state index contributed by atoms with van der Waals surface area (Å²) in [4.78, 5) is 43.3. The molecule has 0 aromatic heterocycles. The zero-order valence-corrected chi connectivity index (χ0v) is 14.5. The van der Waals surface area contributed by atoms with Crippen molar-refractivity contribution in [2.24, 2.45) is 0 Å². The van der Waals surface area contributed by atoms with Crippen LogP contribution in [0.4, 0.5) is 0 Å². The van der Waals surface area contributed by atoms with Crippen LogP contribution in [-0.4, -0.2) is 47.5 Å². The highest BCUT2D eigenvalue weighted by atomic mass is 16.2. The highest BCUT2D eigenvalue weighted by Gasteiger charge is 2.04. The molecule has 0 radical (unpaired) electrons. The maximum absolute atomic E-state index is 10.3. The number of carbonyl (C=O) groups excluding carboxylic acids is 4. The van der Waals surface area contributed by atoms with E-state index < -0.39 is 0 Å². The molecule has 0 spiro atoms. The first kappa shape index (κ1) is 26.8. The highest BCUT2D eigenvalue weighted by Crippen LogP contribution is 1.82. The monoisotopic (exact) mass is 293 g/mol. The average molecular weight is 293 g/mol. The lowest BCUT2D eigenvalue weighted by atomic mass is 10.5. The molecule has 0 rings (SSSR count). The molecule has 0 saturated heterocycles. The van der Waals surface area contributed by atoms with E-state index in [1.807, 2.05) is 27.7 Å². The SMILES string of the molecule is CC.CC.CC(=O)N(C)C(C)=O.CC(=O)N(C)C(C)=O.[2HH]. The van der Waals surface area contributed by atoms with Gasteiger partial charge in [-0.05, 0) is 0 Å². The Morgan fingerprint density at radius 2 is 0.650 bits per heavy atom. The Morgan fingerprint density at radius 3 is 0.650 bits per heavy atom. The molecule has 0 heterocycles. The molecule has 0 aromatic carbocycles. The first-order valence-electron chi connectivity index (χ1n) is 6.61. The molecule has 0 aliphatic rings. The third-order valence-corrected chi connectivity index (χ3v) is 1.89. The molecule has 0 fully saturated rings. The molecule has 0 saturated carbocycles. The van der Waals surface area contributed by atoms with Crippen LogP contribution in [0.1, 0.15) is 56.8 Å². The van der Waals surface area contributed by atoms with Crippen molar-refractivity contribution in [1.29, 1.82) is 0 Å². The lowest BCUT2D eigenvalue weighted by molar-refractivity contribution is -0.141. The van der Waals surface area contributed by atoms with Gasteiger partial charge in [-0.2, -0.15) is 0 Å². The molecule has 0 bridgehead atoms. The zero-order chi connectivity index (χ0) is 17.5. The summed E-state index contributed by atoms with van der Waals surface area (Å²) in [6.07, 6.45) is 0. The van der Waals surface area contributed by atoms with Crippen LogP contribution < -0.4 is 0 Å². The molecule has 20 heavy (non-hydrogen) atoms. The van der Waals surface area contributed by atoms with Gasteiger partial charge in [0.05, 0.1) is 0 Å². The second-order valence-corrected chi connectivity index (χ2v) is 3.19. The minimum absolute atomic E-state index is 0. The molecule has 0 aliphatic carbocycles. The standard InChI is InChI=1S/2C5H9NO2.2C2H6.H2/c2*1-4(7)6(3)5(2)8;2*1-2;/h2*1-3H3;2*1-2H3;1H/i;;;;1+1. The smallest absolute Gasteiger partial charge is 0.225 e. The summed E-state index contributed by atoms with van der Waals surface area (Å²) in [5, 5.41) is 0. The van der Waals surface area contributed by atoms with Crippen molar-refractivity contribution >= 4 is 23.6 Å². The quantitative estimate of drug-likeness (QED) is 0.687. The Kier molecular flexibility index (Phi) is 23.1. The van der Waals surface area contributed by atoms with E-state index in [4.69, 9.17) is 0 Å². The number of hydrogen-bond acceptors (Lipinski definition) is 4. The van der Waals surface area contributed by atoms with Gasteiger partial charge in [-0.15, -0.1) is 0 Å². The normalized spacial score (nSPS) is 7.30. The highest BCUT2D eigenvalue weighted by molar-refractivity contribution is 5.92. The predicted molar refractivity (Wildman–Crippen MR) is 83.1 cm³/mol. The van der Waals surface area contributed by atoms with E-state index in [2.05, 4.69) is 0 Å². The first-order chi connectivity index (χ1) is 9.11. The maximum atomic E-state index is 10.3. The lowest BCUT2D eigenvalue weighted by Crippen LogP contribution is -2.28. The Hall–Kier alpha value is -1.72. The molecule has 0 N–H and O–H groups in total. The third-order valence-electron chi connectivity index (χ3n) is 1.89. The van der Waals surface area contributed by atoms with Crippen molar-refractivity contribution in [2.45, 2.75) is 55.4 Å². The fourth-order valence-corrected chi connectivity index (χ4v) is 0.443. The van der Waals surface area contributed by atoms with Crippen molar-refractivity contribution < 1.29 is 20.6 Å². The minimum atomic E-state index is -0.225. The van der Waals surface area contributed by atoms with E-state index in [1.165, 1.54) is 41.8 Å². The van der Waals surface area contributed by atoms with Crippen LogP contribution >= 0.6 is 0 Å². The molecule has 122 valence electrons. The van der Waals surface area contributed by atoms with Crippen molar-refractivity contribution in [1.82, 2.24) is 9.80 Å². The Bertz CT molecular complexity index is 249. The molecule has 0 unspecified atom stereocenters. The van der Waals surface area contributed by atoms with Crippen LogP contribution in [0.5, 0.6) is 0 Å². The summed E-state index contributed by atoms with van der Waals surface area (Å²) in [7, 11) is 2.90. The van der Waals surface area contributed by atoms with Gasteiger partial charge in [0.25, 0.3) is 0 Å². The maximum Gasteiger partial charge on any atom is 0.225 e. The number of hydrogen-bond donors (Lipinski definition) is 0. The molecule has 0 aliphatic heterocycles. The molecule has 0 aromatic rings. The Balaban J connectivity index is -0.0000000630. The van der Waals surface area contributed by atoms with Crippen molar-refractivity contribution in [2.75, 3.05) is 14.1 Å². The molecule has 4 amide bonds. The van der Waals surface area contributed by atoms with Gasteiger partial charge >= 0.3 is 0 Å². The van der Waals surface area contributed by atoms with Gasteiger partial charge in [0.2, 0.25) is 23.6 Å². The van der Waals surface area contributed by atoms with E-state index in [0.29, 0.717) is 0 Å². The van der Waals surface area contributed by atoms with E-state index in [-0.39, 0.29) is 25.1 Å². The summed E-state index contributed by atoms with van der Waals surface area (Å²) < 4.78 is 0. The van der Waals surface area contributed by atoms with Gasteiger partial charge in [-0.25, -0.2) is 0 Å². The fraction of sp³-hybridized carbons (Fsp3) is 0.714. The molecule has 6 nitrogen and oxygen atoms in total. The Labute approximate surface area is 124 Å². The number of imide groups is 2. The molecular formula is C14H32N2O4. The number of rotatable bonds is 0. The third kappa shape index (κ3) is 18.6. The summed E-state index contributed by atoms with van der Waals surface area (Å²) in [5.74, 6) is -0.898. The molecule has 6 heteroatoms. The summed E-state index contributed by atoms with van der Waals surface area (Å²) in [6, 6.07) is 0. The van der Waals surface area contributed by atoms with Gasteiger partial charge in [0, 0.05) is 43.2 Å². The van der Waals surface area contributed by atoms with Crippen LogP contribution in [0.15, 0.2) is 0 Å². The number of carbonyl (C=O) groups is 4. The van der Waals surface area contributed by atoms with E-state index in [1.54, 1.807) is 0 Å². The van der Waals surface area contributed by atoms with Gasteiger partial charge in [-0.3, -0.25) is 29.0 Å². The van der Waals surface area contributed by atoms with Crippen LogP contribution in [-0.2, 0) is 19.2 Å². The zero-order valence-electron chi connectivity index (χ0n) is 14.5. The van der Waals surface area contributed by atoms with E-state index in [9.17, 15) is 19.2 Å². The van der Waals surface area contributed by atoms with Crippen molar-refractivity contribution in [3.8, 4) is 0 Å². The minimum Gasteiger partial charge on any atom is -0.286 e. The van der Waals surface area contributed by atoms with Crippen molar-refractivity contribution in [3.63, 3.8) is 0 Å². The summed E-state index contributed by atoms with van der Waals surface area (Å²) in [6.45, 7) is 13.4. The first-order valence-corrected chi connectivity index (χ1v) is 6.61. The van der Waals surface area contributed by atoms with Crippen LogP contribution in [0.25, 0.3) is 0 Å². The van der Waals surface area contributed by atoms with Crippen LogP contribution in [0.2, 0.25) is 0 Å². The van der Waals surface area contributed by atoms with Crippen LogP contribution in [0, 0.1) is 0 Å². The lowest BCUT2D eigenvalue weighted by Gasteiger charge is -2.07. The number of nitrogens with zero attached hydrogens (tertiary/aromatic N) is 2. The summed E-state index contributed by atoms with van der Waals surface area (Å²) >= 11 is 0. The van der Waals surface area contributed by atoms with Gasteiger partial charge in [0.15, 0.2) is 0 Å². The van der Waals surface area contributed by atoms with Gasteiger partial charge < -0.3 is 0 Å². The predicted octanol–water partition coefficient (Wildman–Crippen LogP) is 2.32. The topological polar surface area (TPSA) is 74.8 Å². The molecular weight excluding hydrogens is 260 g/mol.